The molecule has 1 aromatic carbocycles. The van der Waals surface area contributed by atoms with E-state index in [1.54, 1.807) is 13.1 Å². The Balaban J connectivity index is 2.96. The zero-order valence-electron chi connectivity index (χ0n) is 10.8. The van der Waals surface area contributed by atoms with Gasteiger partial charge in [-0.2, -0.15) is 0 Å². The Labute approximate surface area is 109 Å². The molecule has 0 aliphatic rings. The van der Waals surface area contributed by atoms with Crippen LogP contribution in [0.25, 0.3) is 0 Å². The normalized spacial score (nSPS) is 13.6. The van der Waals surface area contributed by atoms with Gasteiger partial charge in [-0.25, -0.2) is 0 Å². The van der Waals surface area contributed by atoms with Crippen LogP contribution in [0, 0.1) is 0 Å². The van der Waals surface area contributed by atoms with E-state index in [1.807, 2.05) is 0 Å². The zero-order valence-corrected chi connectivity index (χ0v) is 10.8. The summed E-state index contributed by atoms with van der Waals surface area (Å²) in [6, 6.07) is 5.25. The second-order valence-corrected chi connectivity index (χ2v) is 3.73. The summed E-state index contributed by atoms with van der Waals surface area (Å²) in [7, 11) is 4.57. The Kier molecular flexibility index (Phi) is 5.59. The maximum Gasteiger partial charge on any atom is 0.573 e. The number of ether oxygens (including phenoxy) is 3. The smallest absolute Gasteiger partial charge is 0.406 e. The molecule has 0 heterocycles. The molecular weight excluding hydrogens is 263 g/mol. The lowest BCUT2D eigenvalue weighted by molar-refractivity contribution is -0.274. The van der Waals surface area contributed by atoms with E-state index in [0.29, 0.717) is 5.56 Å². The first-order valence-electron chi connectivity index (χ1n) is 5.50. The molecule has 0 aliphatic carbocycles. The van der Waals surface area contributed by atoms with Crippen LogP contribution in [0.2, 0.25) is 0 Å². The Morgan fingerprint density at radius 3 is 2.26 bits per heavy atom. The van der Waals surface area contributed by atoms with Gasteiger partial charge in [0.15, 0.2) is 6.29 Å². The summed E-state index contributed by atoms with van der Waals surface area (Å²) in [6.45, 7) is 0. The highest BCUT2D eigenvalue weighted by atomic mass is 19.4. The first kappa shape index (κ1) is 15.7. The minimum absolute atomic E-state index is 0.281. The molecule has 0 saturated heterocycles. The average molecular weight is 279 g/mol. The Hall–Kier alpha value is -1.31. The molecule has 1 aromatic rings. The van der Waals surface area contributed by atoms with Gasteiger partial charge < -0.3 is 19.5 Å². The summed E-state index contributed by atoms with van der Waals surface area (Å²) < 4.78 is 50.6. The van der Waals surface area contributed by atoms with Gasteiger partial charge in [-0.05, 0) is 24.7 Å². The minimum Gasteiger partial charge on any atom is -0.406 e. The molecule has 19 heavy (non-hydrogen) atoms. The van der Waals surface area contributed by atoms with Crippen LogP contribution in [0.3, 0.4) is 0 Å². The number of alkyl halides is 3. The predicted octanol–water partition coefficient (Wildman–Crippen LogP) is 2.46. The molecule has 1 atom stereocenters. The van der Waals surface area contributed by atoms with Crippen LogP contribution in [0.5, 0.6) is 5.75 Å². The summed E-state index contributed by atoms with van der Waals surface area (Å²) in [6.07, 6.45) is -5.33. The number of hydrogen-bond acceptors (Lipinski definition) is 4. The van der Waals surface area contributed by atoms with Crippen molar-refractivity contribution in [2.24, 2.45) is 0 Å². The van der Waals surface area contributed by atoms with Gasteiger partial charge in [0, 0.05) is 14.2 Å². The number of methoxy groups -OCH3 is 2. The fraction of sp³-hybridized carbons (Fsp3) is 0.500. The van der Waals surface area contributed by atoms with Crippen LogP contribution in [0.4, 0.5) is 13.2 Å². The molecule has 0 spiro atoms. The van der Waals surface area contributed by atoms with Gasteiger partial charge in [0.2, 0.25) is 0 Å². The highest BCUT2D eigenvalue weighted by Crippen LogP contribution is 2.27. The van der Waals surface area contributed by atoms with Crippen molar-refractivity contribution in [2.45, 2.75) is 18.7 Å². The third-order valence-corrected chi connectivity index (χ3v) is 2.50. The zero-order chi connectivity index (χ0) is 14.5. The Bertz CT molecular complexity index is 394. The van der Waals surface area contributed by atoms with Crippen LogP contribution in [0.1, 0.15) is 11.6 Å². The van der Waals surface area contributed by atoms with E-state index in [9.17, 15) is 13.2 Å². The van der Waals surface area contributed by atoms with Crippen LogP contribution < -0.4 is 10.1 Å². The molecule has 1 rings (SSSR count). The van der Waals surface area contributed by atoms with Gasteiger partial charge in [0.05, 0.1) is 6.04 Å². The third-order valence-electron chi connectivity index (χ3n) is 2.50. The molecule has 0 aliphatic heterocycles. The van der Waals surface area contributed by atoms with Crippen LogP contribution >= 0.6 is 0 Å². The molecule has 0 radical (unpaired) electrons. The van der Waals surface area contributed by atoms with E-state index < -0.39 is 18.7 Å². The first-order valence-corrected chi connectivity index (χ1v) is 5.50. The molecule has 108 valence electrons. The van der Waals surface area contributed by atoms with Gasteiger partial charge in [-0.3, -0.25) is 0 Å². The van der Waals surface area contributed by atoms with Crippen molar-refractivity contribution in [1.29, 1.82) is 0 Å². The van der Waals surface area contributed by atoms with Crippen molar-refractivity contribution in [1.82, 2.24) is 5.32 Å². The molecule has 0 fully saturated rings. The van der Waals surface area contributed by atoms with Crippen molar-refractivity contribution in [3.05, 3.63) is 29.8 Å². The lowest BCUT2D eigenvalue weighted by Gasteiger charge is -2.25. The number of rotatable bonds is 6. The lowest BCUT2D eigenvalue weighted by atomic mass is 10.1. The molecule has 4 nitrogen and oxygen atoms in total. The molecule has 1 unspecified atom stereocenters. The molecule has 1 N–H and O–H groups in total. The predicted molar refractivity (Wildman–Crippen MR) is 62.7 cm³/mol. The van der Waals surface area contributed by atoms with E-state index >= 15 is 0 Å². The molecule has 7 heteroatoms. The fourth-order valence-electron chi connectivity index (χ4n) is 1.73. The molecule has 0 saturated carbocycles. The van der Waals surface area contributed by atoms with Crippen molar-refractivity contribution in [3.63, 3.8) is 0 Å². The van der Waals surface area contributed by atoms with Crippen LogP contribution in [-0.4, -0.2) is 33.9 Å². The molecular formula is C12H16F3NO3. The Morgan fingerprint density at radius 2 is 1.79 bits per heavy atom. The number of nitrogens with one attached hydrogen (secondary N) is 1. The van der Waals surface area contributed by atoms with Gasteiger partial charge >= 0.3 is 6.36 Å². The summed E-state index contributed by atoms with van der Waals surface area (Å²) in [4.78, 5) is 0. The van der Waals surface area contributed by atoms with Crippen molar-refractivity contribution >= 4 is 0 Å². The highest BCUT2D eigenvalue weighted by Gasteiger charge is 2.31. The van der Waals surface area contributed by atoms with E-state index in [4.69, 9.17) is 9.47 Å². The van der Waals surface area contributed by atoms with Gasteiger partial charge in [-0.15, -0.1) is 13.2 Å². The topological polar surface area (TPSA) is 39.7 Å². The minimum atomic E-state index is -4.71. The standard InChI is InChI=1S/C12H16F3NO3/c1-16-10(11(17-2)18-3)8-5-4-6-9(7-8)19-12(13,14)15/h4-7,10-11,16H,1-3H3. The second-order valence-electron chi connectivity index (χ2n) is 3.73. The largest absolute Gasteiger partial charge is 0.573 e. The monoisotopic (exact) mass is 279 g/mol. The van der Waals surface area contributed by atoms with Gasteiger partial charge in [-0.1, -0.05) is 12.1 Å². The number of hydrogen-bond donors (Lipinski definition) is 1. The van der Waals surface area contributed by atoms with Crippen LogP contribution in [0.15, 0.2) is 24.3 Å². The SMILES string of the molecule is CNC(c1cccc(OC(F)(F)F)c1)C(OC)OC. The molecule has 0 amide bonds. The number of halogens is 3. The fourth-order valence-corrected chi connectivity index (χ4v) is 1.73. The number of likely N-dealkylation sites (N-methyl/N-ethyl adjacent to an activating group) is 1. The van der Waals surface area contributed by atoms with Crippen molar-refractivity contribution in [2.75, 3.05) is 21.3 Å². The van der Waals surface area contributed by atoms with Crippen LogP contribution in [-0.2, 0) is 9.47 Å². The summed E-state index contributed by atoms with van der Waals surface area (Å²) in [5, 5.41) is 2.92. The summed E-state index contributed by atoms with van der Waals surface area (Å²) in [5.41, 5.74) is 0.568. The average Bonchev–Trinajstić information content (AvgIpc) is 2.34. The van der Waals surface area contributed by atoms with E-state index in [1.165, 1.54) is 32.4 Å². The maximum atomic E-state index is 12.2. The van der Waals surface area contributed by atoms with E-state index in [2.05, 4.69) is 10.1 Å². The van der Waals surface area contributed by atoms with E-state index in [0.717, 1.165) is 0 Å². The highest BCUT2D eigenvalue weighted by molar-refractivity contribution is 5.31. The summed E-state index contributed by atoms with van der Waals surface area (Å²) in [5.74, 6) is -0.281. The number of benzene rings is 1. The van der Waals surface area contributed by atoms with Gasteiger partial charge in [0.25, 0.3) is 0 Å². The van der Waals surface area contributed by atoms with Crippen molar-refractivity contribution < 1.29 is 27.4 Å². The second kappa shape index (κ2) is 6.74. The summed E-state index contributed by atoms with van der Waals surface area (Å²) >= 11 is 0. The molecule has 0 aromatic heterocycles. The third kappa shape index (κ3) is 4.70. The maximum absolute atomic E-state index is 12.2. The molecule has 0 bridgehead atoms. The van der Waals surface area contributed by atoms with Crippen molar-refractivity contribution in [3.8, 4) is 5.75 Å². The first-order chi connectivity index (χ1) is 8.91. The lowest BCUT2D eigenvalue weighted by Crippen LogP contribution is -2.32. The van der Waals surface area contributed by atoms with E-state index in [-0.39, 0.29) is 5.75 Å². The Morgan fingerprint density at radius 1 is 1.16 bits per heavy atom. The van der Waals surface area contributed by atoms with Gasteiger partial charge in [0.1, 0.15) is 5.75 Å². The quantitative estimate of drug-likeness (QED) is 0.812.